The number of Topliss-reactive ketones (excluding diaryl/α,β-unsaturated/α-hetero) is 1. The number of hydrogen-bond donors (Lipinski definition) is 1. The number of carbonyl (C=O) groups is 1. The molecule has 3 aromatic rings. The maximum absolute atomic E-state index is 12.1. The number of para-hydroxylation sites is 2. The average Bonchev–Trinajstić information content (AvgIpc) is 2.79. The Morgan fingerprint density at radius 3 is 2.26 bits per heavy atom. The SMILES string of the molecule is CC(=O)c1c(Br)c(-c2ccccc2N)n(-c2ccccc2)c1C. The van der Waals surface area contributed by atoms with Gasteiger partial charge in [-0.1, -0.05) is 36.4 Å². The Kier molecular flexibility index (Phi) is 4.09. The number of nitrogen functional groups attached to an aromatic ring is 1. The Morgan fingerprint density at radius 1 is 1.04 bits per heavy atom. The summed E-state index contributed by atoms with van der Waals surface area (Å²) >= 11 is 3.62. The molecule has 0 spiro atoms. The van der Waals surface area contributed by atoms with E-state index in [-0.39, 0.29) is 5.78 Å². The van der Waals surface area contributed by atoms with E-state index < -0.39 is 0 Å². The van der Waals surface area contributed by atoms with Gasteiger partial charge >= 0.3 is 0 Å². The zero-order valence-corrected chi connectivity index (χ0v) is 14.6. The standard InChI is InChI=1S/C19H17BrN2O/c1-12-17(13(2)23)18(20)19(15-10-6-7-11-16(15)21)22(12)14-8-4-3-5-9-14/h3-11H,21H2,1-2H3. The van der Waals surface area contributed by atoms with E-state index in [0.29, 0.717) is 11.3 Å². The molecule has 0 bridgehead atoms. The van der Waals surface area contributed by atoms with Crippen LogP contribution in [-0.4, -0.2) is 10.4 Å². The number of hydrogen-bond acceptors (Lipinski definition) is 2. The van der Waals surface area contributed by atoms with Crippen molar-refractivity contribution in [1.29, 1.82) is 0 Å². The summed E-state index contributed by atoms with van der Waals surface area (Å²) < 4.78 is 2.86. The fourth-order valence-corrected chi connectivity index (χ4v) is 3.87. The van der Waals surface area contributed by atoms with Crippen molar-refractivity contribution in [2.75, 3.05) is 5.73 Å². The summed E-state index contributed by atoms with van der Waals surface area (Å²) in [4.78, 5) is 12.1. The maximum Gasteiger partial charge on any atom is 0.162 e. The lowest BCUT2D eigenvalue weighted by atomic mass is 10.1. The van der Waals surface area contributed by atoms with Crippen LogP contribution in [0.4, 0.5) is 5.69 Å². The Bertz CT molecular complexity index is 882. The molecule has 0 aliphatic rings. The van der Waals surface area contributed by atoms with Gasteiger partial charge in [0.15, 0.2) is 5.78 Å². The molecule has 0 saturated heterocycles. The van der Waals surface area contributed by atoms with Gasteiger partial charge in [-0.2, -0.15) is 0 Å². The zero-order chi connectivity index (χ0) is 16.6. The molecule has 3 nitrogen and oxygen atoms in total. The average molecular weight is 369 g/mol. The topological polar surface area (TPSA) is 48.0 Å². The number of ketones is 1. The second kappa shape index (κ2) is 6.05. The Morgan fingerprint density at radius 2 is 1.65 bits per heavy atom. The minimum Gasteiger partial charge on any atom is -0.398 e. The van der Waals surface area contributed by atoms with Crippen LogP contribution in [-0.2, 0) is 0 Å². The van der Waals surface area contributed by atoms with Crippen LogP contribution in [0.5, 0.6) is 0 Å². The summed E-state index contributed by atoms with van der Waals surface area (Å²) in [7, 11) is 0. The molecule has 1 heterocycles. The first-order chi connectivity index (χ1) is 11.0. The fraction of sp³-hybridized carbons (Fsp3) is 0.105. The summed E-state index contributed by atoms with van der Waals surface area (Å²) in [6.45, 7) is 3.54. The molecule has 1 aromatic heterocycles. The molecule has 0 fully saturated rings. The molecule has 3 rings (SSSR count). The molecule has 116 valence electrons. The number of carbonyl (C=O) groups excluding carboxylic acids is 1. The van der Waals surface area contributed by atoms with Gasteiger partial charge in [0, 0.05) is 22.6 Å². The van der Waals surface area contributed by atoms with E-state index in [2.05, 4.69) is 20.5 Å². The van der Waals surface area contributed by atoms with E-state index in [9.17, 15) is 4.79 Å². The van der Waals surface area contributed by atoms with Crippen molar-refractivity contribution in [2.24, 2.45) is 0 Å². The lowest BCUT2D eigenvalue weighted by Gasteiger charge is -2.14. The van der Waals surface area contributed by atoms with Crippen molar-refractivity contribution in [1.82, 2.24) is 4.57 Å². The second-order valence-corrected chi connectivity index (χ2v) is 6.23. The normalized spacial score (nSPS) is 10.7. The number of nitrogens with two attached hydrogens (primary N) is 1. The second-order valence-electron chi connectivity index (χ2n) is 5.44. The van der Waals surface area contributed by atoms with E-state index in [0.717, 1.165) is 27.1 Å². The van der Waals surface area contributed by atoms with Gasteiger partial charge in [0.1, 0.15) is 0 Å². The Labute approximate surface area is 143 Å². The van der Waals surface area contributed by atoms with Crippen molar-refractivity contribution in [2.45, 2.75) is 13.8 Å². The summed E-state index contributed by atoms with van der Waals surface area (Å²) in [5, 5.41) is 0. The van der Waals surface area contributed by atoms with Gasteiger partial charge in [0.25, 0.3) is 0 Å². The number of aromatic nitrogens is 1. The van der Waals surface area contributed by atoms with Gasteiger partial charge in [-0.25, -0.2) is 0 Å². The first kappa shape index (κ1) is 15.6. The molecule has 4 heteroatoms. The quantitative estimate of drug-likeness (QED) is 0.522. The first-order valence-electron chi connectivity index (χ1n) is 7.34. The fourth-order valence-electron chi connectivity index (χ4n) is 2.92. The molecule has 0 radical (unpaired) electrons. The molecule has 23 heavy (non-hydrogen) atoms. The van der Waals surface area contributed by atoms with Crippen LogP contribution in [0.3, 0.4) is 0 Å². The van der Waals surface area contributed by atoms with Crippen LogP contribution in [0, 0.1) is 6.92 Å². The molecule has 0 aliphatic carbocycles. The van der Waals surface area contributed by atoms with Crippen molar-refractivity contribution >= 4 is 27.4 Å². The molecule has 0 unspecified atom stereocenters. The highest BCUT2D eigenvalue weighted by Gasteiger charge is 2.24. The van der Waals surface area contributed by atoms with Crippen molar-refractivity contribution in [3.05, 3.63) is 70.3 Å². The molecule has 0 aliphatic heterocycles. The van der Waals surface area contributed by atoms with Crippen molar-refractivity contribution < 1.29 is 4.79 Å². The van der Waals surface area contributed by atoms with Gasteiger partial charge in [0.05, 0.1) is 15.7 Å². The smallest absolute Gasteiger partial charge is 0.162 e. The highest BCUT2D eigenvalue weighted by molar-refractivity contribution is 9.10. The molecule has 0 amide bonds. The third kappa shape index (κ3) is 2.59. The third-order valence-corrected chi connectivity index (χ3v) is 4.70. The Balaban J connectivity index is 2.41. The molecule has 2 aromatic carbocycles. The van der Waals surface area contributed by atoms with Gasteiger partial charge in [-0.3, -0.25) is 4.79 Å². The number of benzene rings is 2. The van der Waals surface area contributed by atoms with E-state index >= 15 is 0 Å². The maximum atomic E-state index is 12.1. The van der Waals surface area contributed by atoms with Crippen molar-refractivity contribution in [3.63, 3.8) is 0 Å². The minimum absolute atomic E-state index is 0.0276. The van der Waals surface area contributed by atoms with Gasteiger partial charge in [-0.05, 0) is 48.0 Å². The van der Waals surface area contributed by atoms with E-state index in [1.54, 1.807) is 6.92 Å². The molecule has 2 N–H and O–H groups in total. The van der Waals surface area contributed by atoms with Crippen LogP contribution in [0.2, 0.25) is 0 Å². The van der Waals surface area contributed by atoms with Crippen LogP contribution in [0.1, 0.15) is 23.0 Å². The van der Waals surface area contributed by atoms with E-state index in [1.807, 2.05) is 61.5 Å². The highest BCUT2D eigenvalue weighted by atomic mass is 79.9. The number of nitrogens with zero attached hydrogens (tertiary/aromatic N) is 1. The minimum atomic E-state index is 0.0276. The lowest BCUT2D eigenvalue weighted by Crippen LogP contribution is -2.02. The van der Waals surface area contributed by atoms with Crippen LogP contribution >= 0.6 is 15.9 Å². The largest absolute Gasteiger partial charge is 0.398 e. The number of rotatable bonds is 3. The predicted octanol–water partition coefficient (Wildman–Crippen LogP) is 5.00. The van der Waals surface area contributed by atoms with Gasteiger partial charge < -0.3 is 10.3 Å². The van der Waals surface area contributed by atoms with Gasteiger partial charge in [0.2, 0.25) is 0 Å². The lowest BCUT2D eigenvalue weighted by molar-refractivity contribution is 0.101. The van der Waals surface area contributed by atoms with Crippen LogP contribution in [0.15, 0.2) is 59.1 Å². The summed E-state index contributed by atoms with van der Waals surface area (Å²) in [6.07, 6.45) is 0. The Hall–Kier alpha value is -2.33. The molecular formula is C19H17BrN2O. The number of halogens is 1. The monoisotopic (exact) mass is 368 g/mol. The molecule has 0 atom stereocenters. The predicted molar refractivity (Wildman–Crippen MR) is 98.1 cm³/mol. The number of anilines is 1. The highest BCUT2D eigenvalue weighted by Crippen LogP contribution is 2.40. The zero-order valence-electron chi connectivity index (χ0n) is 13.0. The molecular weight excluding hydrogens is 352 g/mol. The summed E-state index contributed by atoms with van der Waals surface area (Å²) in [5.41, 5.74) is 11.2. The van der Waals surface area contributed by atoms with Crippen LogP contribution in [0.25, 0.3) is 16.9 Å². The van der Waals surface area contributed by atoms with E-state index in [1.165, 1.54) is 0 Å². The van der Waals surface area contributed by atoms with Gasteiger partial charge in [-0.15, -0.1) is 0 Å². The van der Waals surface area contributed by atoms with Crippen molar-refractivity contribution in [3.8, 4) is 16.9 Å². The molecule has 0 saturated carbocycles. The summed E-state index contributed by atoms with van der Waals surface area (Å²) in [5.74, 6) is 0.0276. The third-order valence-electron chi connectivity index (χ3n) is 3.93. The summed E-state index contributed by atoms with van der Waals surface area (Å²) in [6, 6.07) is 17.7. The van der Waals surface area contributed by atoms with E-state index in [4.69, 9.17) is 5.73 Å². The first-order valence-corrected chi connectivity index (χ1v) is 8.13. The van der Waals surface area contributed by atoms with Crippen LogP contribution < -0.4 is 5.73 Å².